The van der Waals surface area contributed by atoms with Crippen LogP contribution < -0.4 is 10.6 Å². The summed E-state index contributed by atoms with van der Waals surface area (Å²) in [6.07, 6.45) is 8.00. The van der Waals surface area contributed by atoms with Gasteiger partial charge in [-0.05, 0) is 48.4 Å². The Labute approximate surface area is 207 Å². The molecule has 0 saturated carbocycles. The molecule has 0 radical (unpaired) electrons. The quantitative estimate of drug-likeness (QED) is 0.292. The fourth-order valence-electron chi connectivity index (χ4n) is 3.67. The van der Waals surface area contributed by atoms with E-state index in [2.05, 4.69) is 30.6 Å². The van der Waals surface area contributed by atoms with Gasteiger partial charge in [-0.3, -0.25) is 14.6 Å². The first-order valence-electron chi connectivity index (χ1n) is 11.3. The summed E-state index contributed by atoms with van der Waals surface area (Å²) < 4.78 is 0. The number of H-pyrrole nitrogens is 1. The van der Waals surface area contributed by atoms with Gasteiger partial charge in [0.1, 0.15) is 11.3 Å². The Bertz CT molecular complexity index is 1580. The van der Waals surface area contributed by atoms with Gasteiger partial charge in [0.2, 0.25) is 5.91 Å². The summed E-state index contributed by atoms with van der Waals surface area (Å²) in [4.78, 5) is 41.6. The van der Waals surface area contributed by atoms with Crippen LogP contribution in [0.25, 0.3) is 28.6 Å². The zero-order valence-corrected chi connectivity index (χ0v) is 19.4. The summed E-state index contributed by atoms with van der Waals surface area (Å²) in [5, 5.41) is 5.67. The molecular weight excluding hydrogens is 452 g/mol. The zero-order chi connectivity index (χ0) is 24.9. The minimum Gasteiger partial charge on any atom is -0.323 e. The van der Waals surface area contributed by atoms with Gasteiger partial charge in [0.15, 0.2) is 5.65 Å². The highest BCUT2D eigenvalue weighted by atomic mass is 16.2. The summed E-state index contributed by atoms with van der Waals surface area (Å²) in [6.45, 7) is 1.84. The Hall–Kier alpha value is -5.11. The predicted octanol–water partition coefficient (Wildman–Crippen LogP) is 5.23. The van der Waals surface area contributed by atoms with E-state index < -0.39 is 0 Å². The minimum absolute atomic E-state index is 0.309. The maximum atomic E-state index is 13.0. The standard InChI is InChI=1S/C28H22N6O2/c1-18-9-11-21(31-25(35)12-10-19-6-5-13-29-16-19)14-23(18)28(36)32-22-15-24-27(30-17-22)34-26(33-24)20-7-3-2-4-8-20/h2-17H,1H3,(H,31,35)(H,32,36)(H,30,33,34)/b12-10+. The van der Waals surface area contributed by atoms with Gasteiger partial charge < -0.3 is 15.6 Å². The molecule has 0 atom stereocenters. The molecule has 0 aliphatic carbocycles. The number of hydrogen-bond donors (Lipinski definition) is 3. The van der Waals surface area contributed by atoms with Gasteiger partial charge in [0.05, 0.1) is 11.9 Å². The van der Waals surface area contributed by atoms with Crippen LogP contribution in [-0.4, -0.2) is 31.8 Å². The molecule has 0 saturated heterocycles. The number of pyridine rings is 2. The molecular formula is C28H22N6O2. The highest BCUT2D eigenvalue weighted by molar-refractivity contribution is 6.07. The molecule has 8 nitrogen and oxygen atoms in total. The van der Waals surface area contributed by atoms with Crippen molar-refractivity contribution in [3.8, 4) is 11.4 Å². The molecule has 5 aromatic rings. The fourth-order valence-corrected chi connectivity index (χ4v) is 3.67. The van der Waals surface area contributed by atoms with Crippen molar-refractivity contribution in [2.45, 2.75) is 6.92 Å². The molecule has 3 N–H and O–H groups in total. The van der Waals surface area contributed by atoms with E-state index >= 15 is 0 Å². The molecule has 0 spiro atoms. The van der Waals surface area contributed by atoms with Crippen molar-refractivity contribution >= 4 is 40.4 Å². The van der Waals surface area contributed by atoms with Crippen LogP contribution in [0.3, 0.4) is 0 Å². The van der Waals surface area contributed by atoms with Crippen LogP contribution in [0.1, 0.15) is 21.5 Å². The van der Waals surface area contributed by atoms with Crippen molar-refractivity contribution in [3.63, 3.8) is 0 Å². The minimum atomic E-state index is -0.311. The second-order valence-corrected chi connectivity index (χ2v) is 8.14. The molecule has 36 heavy (non-hydrogen) atoms. The number of amides is 2. The van der Waals surface area contributed by atoms with Crippen molar-refractivity contribution in [2.75, 3.05) is 10.6 Å². The van der Waals surface area contributed by atoms with E-state index in [0.29, 0.717) is 33.9 Å². The van der Waals surface area contributed by atoms with E-state index in [1.165, 1.54) is 6.08 Å². The number of hydrogen-bond acceptors (Lipinski definition) is 5. The third-order valence-electron chi connectivity index (χ3n) is 5.50. The number of benzene rings is 2. The summed E-state index contributed by atoms with van der Waals surface area (Å²) >= 11 is 0. The Morgan fingerprint density at radius 1 is 0.917 bits per heavy atom. The highest BCUT2D eigenvalue weighted by Gasteiger charge is 2.13. The predicted molar refractivity (Wildman–Crippen MR) is 140 cm³/mol. The lowest BCUT2D eigenvalue weighted by molar-refractivity contribution is -0.111. The lowest BCUT2D eigenvalue weighted by atomic mass is 10.1. The van der Waals surface area contributed by atoms with E-state index in [1.807, 2.05) is 43.3 Å². The van der Waals surface area contributed by atoms with E-state index in [1.54, 1.807) is 55.0 Å². The lowest BCUT2D eigenvalue weighted by Gasteiger charge is -2.10. The van der Waals surface area contributed by atoms with Gasteiger partial charge in [-0.15, -0.1) is 0 Å². The van der Waals surface area contributed by atoms with Crippen molar-refractivity contribution in [1.82, 2.24) is 19.9 Å². The number of anilines is 2. The number of nitrogens with one attached hydrogen (secondary N) is 3. The normalized spacial score (nSPS) is 11.0. The molecule has 2 amide bonds. The summed E-state index contributed by atoms with van der Waals surface area (Å²) in [5.41, 5.74) is 5.29. The summed E-state index contributed by atoms with van der Waals surface area (Å²) in [7, 11) is 0. The average molecular weight is 475 g/mol. The van der Waals surface area contributed by atoms with Gasteiger partial charge in [-0.2, -0.15) is 0 Å². The molecule has 2 aromatic carbocycles. The smallest absolute Gasteiger partial charge is 0.256 e. The zero-order valence-electron chi connectivity index (χ0n) is 19.4. The van der Waals surface area contributed by atoms with Gasteiger partial charge in [0.25, 0.3) is 5.91 Å². The number of aromatic nitrogens is 4. The third kappa shape index (κ3) is 5.18. The number of carbonyl (C=O) groups excluding carboxylic acids is 2. The van der Waals surface area contributed by atoms with Crippen molar-refractivity contribution < 1.29 is 9.59 Å². The summed E-state index contributed by atoms with van der Waals surface area (Å²) in [6, 6.07) is 20.4. The van der Waals surface area contributed by atoms with Crippen LogP contribution in [0.4, 0.5) is 11.4 Å². The highest BCUT2D eigenvalue weighted by Crippen LogP contribution is 2.22. The van der Waals surface area contributed by atoms with E-state index in [9.17, 15) is 9.59 Å². The first-order chi connectivity index (χ1) is 17.5. The summed E-state index contributed by atoms with van der Waals surface area (Å²) in [5.74, 6) is 0.0874. The number of rotatable bonds is 6. The number of imidazole rings is 1. The van der Waals surface area contributed by atoms with Gasteiger partial charge >= 0.3 is 0 Å². The third-order valence-corrected chi connectivity index (χ3v) is 5.50. The van der Waals surface area contributed by atoms with Crippen molar-refractivity contribution in [2.24, 2.45) is 0 Å². The van der Waals surface area contributed by atoms with Gasteiger partial charge in [-0.25, -0.2) is 9.97 Å². The average Bonchev–Trinajstić information content (AvgIpc) is 3.33. The fraction of sp³-hybridized carbons (Fsp3) is 0.0357. The maximum Gasteiger partial charge on any atom is 0.256 e. The molecule has 0 bridgehead atoms. The van der Waals surface area contributed by atoms with Crippen molar-refractivity contribution in [1.29, 1.82) is 0 Å². The Morgan fingerprint density at radius 2 is 1.78 bits per heavy atom. The molecule has 0 fully saturated rings. The molecule has 176 valence electrons. The van der Waals surface area contributed by atoms with E-state index in [-0.39, 0.29) is 11.8 Å². The second-order valence-electron chi connectivity index (χ2n) is 8.14. The van der Waals surface area contributed by atoms with Gasteiger partial charge in [-0.1, -0.05) is 42.5 Å². The SMILES string of the molecule is Cc1ccc(NC(=O)/C=C/c2cccnc2)cc1C(=O)Nc1cnc2[nH]c(-c3ccccc3)nc2c1. The lowest BCUT2D eigenvalue weighted by Crippen LogP contribution is -2.15. The second kappa shape index (κ2) is 10.0. The van der Waals surface area contributed by atoms with Crippen LogP contribution in [0.2, 0.25) is 0 Å². The number of fused-ring (bicyclic) bond motifs is 1. The van der Waals surface area contributed by atoms with E-state index in [4.69, 9.17) is 0 Å². The van der Waals surface area contributed by atoms with Crippen LogP contribution in [-0.2, 0) is 4.79 Å². The van der Waals surface area contributed by atoms with Crippen LogP contribution in [0.15, 0.2) is 91.4 Å². The monoisotopic (exact) mass is 474 g/mol. The first-order valence-corrected chi connectivity index (χ1v) is 11.3. The van der Waals surface area contributed by atoms with Crippen LogP contribution in [0, 0.1) is 6.92 Å². The molecule has 3 aromatic heterocycles. The van der Waals surface area contributed by atoms with E-state index in [0.717, 1.165) is 16.7 Å². The van der Waals surface area contributed by atoms with Crippen molar-refractivity contribution in [3.05, 3.63) is 108 Å². The number of nitrogens with zero attached hydrogens (tertiary/aromatic N) is 3. The Kier molecular flexibility index (Phi) is 6.31. The largest absolute Gasteiger partial charge is 0.323 e. The molecule has 5 rings (SSSR count). The number of aromatic amines is 1. The Balaban J connectivity index is 1.30. The first kappa shape index (κ1) is 22.7. The molecule has 0 aliphatic rings. The molecule has 8 heteroatoms. The molecule has 0 aliphatic heterocycles. The molecule has 0 unspecified atom stereocenters. The Morgan fingerprint density at radius 3 is 2.58 bits per heavy atom. The van der Waals surface area contributed by atoms with Crippen LogP contribution >= 0.6 is 0 Å². The topological polar surface area (TPSA) is 113 Å². The van der Waals surface area contributed by atoms with Crippen LogP contribution in [0.5, 0.6) is 0 Å². The number of carbonyl (C=O) groups is 2. The maximum absolute atomic E-state index is 13.0. The number of aryl methyl sites for hydroxylation is 1. The molecule has 3 heterocycles. The van der Waals surface area contributed by atoms with Gasteiger partial charge in [0, 0.05) is 35.3 Å².